The van der Waals surface area contributed by atoms with E-state index < -0.39 is 84.6 Å². The van der Waals surface area contributed by atoms with Gasteiger partial charge in [-0.2, -0.15) is 0 Å². The van der Waals surface area contributed by atoms with E-state index in [4.69, 9.17) is 10.5 Å². The Balaban J connectivity index is 1.49. The van der Waals surface area contributed by atoms with Crippen LogP contribution in [0.15, 0.2) is 24.8 Å². The van der Waals surface area contributed by atoms with E-state index in [1.165, 1.54) is 19.9 Å². The van der Waals surface area contributed by atoms with Gasteiger partial charge < -0.3 is 69.0 Å². The number of phosphoric ester groups is 3. The lowest BCUT2D eigenvalue weighted by molar-refractivity contribution is -0.347. The molecule has 55 heavy (non-hydrogen) atoms. The van der Waals surface area contributed by atoms with Crippen LogP contribution in [0.5, 0.6) is 0 Å². The maximum atomic E-state index is 12.5. The zero-order valence-electron chi connectivity index (χ0n) is 29.5. The highest BCUT2D eigenvalue weighted by Crippen LogP contribution is 2.56. The number of unbranched alkanes of at least 4 members (excludes halogenated alkanes) is 1. The number of rotatable bonds is 22. The summed E-state index contributed by atoms with van der Waals surface area (Å²) in [5.74, 6) is -1.23. The number of imidazole rings is 1. The third-order valence-electron chi connectivity index (χ3n) is 7.43. The summed E-state index contributed by atoms with van der Waals surface area (Å²) < 4.78 is 60.4. The number of aromatic nitrogens is 4. The smallest absolute Gasteiger partial charge is 0.274 e. The fourth-order valence-electron chi connectivity index (χ4n) is 4.65. The van der Waals surface area contributed by atoms with Gasteiger partial charge in [0.05, 0.1) is 27.4 Å². The number of nitrogens with zero attached hydrogens (tertiary/aromatic N) is 4. The molecule has 1 saturated heterocycles. The number of allylic oxidation sites excluding steroid dienone is 1. The van der Waals surface area contributed by atoms with Crippen molar-refractivity contribution in [3.8, 4) is 0 Å². The molecule has 0 radical (unpaired) electrons. The number of nitrogen functional groups attached to an aromatic ring is 1. The van der Waals surface area contributed by atoms with Gasteiger partial charge in [0.15, 0.2) is 17.7 Å². The second-order valence-electron chi connectivity index (χ2n) is 12.3. The molecular formula is C27H40N7O17P3S-4. The maximum absolute atomic E-state index is 12.5. The predicted octanol–water partition coefficient (Wildman–Crippen LogP) is -2.51. The van der Waals surface area contributed by atoms with Crippen molar-refractivity contribution < 1.29 is 80.5 Å². The second kappa shape index (κ2) is 20.1. The lowest BCUT2D eigenvalue weighted by atomic mass is 9.87. The summed E-state index contributed by atoms with van der Waals surface area (Å²) in [6, 6.07) is 0. The van der Waals surface area contributed by atoms with Crippen LogP contribution in [0.4, 0.5) is 5.82 Å². The Morgan fingerprint density at radius 2 is 1.80 bits per heavy atom. The van der Waals surface area contributed by atoms with Gasteiger partial charge in [-0.05, 0) is 12.5 Å². The summed E-state index contributed by atoms with van der Waals surface area (Å²) in [5, 5.41) is 26.0. The van der Waals surface area contributed by atoms with E-state index in [0.29, 0.717) is 5.75 Å². The SMILES string of the molecule is CCC/C=C/C(=O)SCCNC(=O)CCNC(=O)[C@H](O)C(C)(C)COP(=O)([O-])OP(=O)([O-])OC[C@H]1O[C@@H](n2cnc3c(N)ncnc32)[C@H](O)[C@@H]1OP(=O)([O-])[O-]. The molecule has 2 aromatic heterocycles. The standard InChI is InChI=1S/C27H44N7O17P3S/c1-4-5-6-7-18(36)55-11-10-29-17(35)8-9-30-25(39)22(38)27(2,3)13-48-54(45,46)51-53(43,44)47-12-16-21(50-52(40,41)42)20(37)26(49-16)34-15-33-19-23(28)31-14-32-24(19)34/h6-7,14-16,20-22,26,37-38H,4-5,8-13H2,1-3H3,(H,29,35)(H,30,39)(H,43,44)(H,45,46)(H2,28,31,32)(H2,40,41,42)/p-4/b7-6+/t16-,20-,21-,22+,26-/m1/s1. The molecule has 6 N–H and O–H groups in total. The molecule has 3 heterocycles. The first kappa shape index (κ1) is 46.7. The summed E-state index contributed by atoms with van der Waals surface area (Å²) in [5.41, 5.74) is 4.07. The Hall–Kier alpha value is -2.70. The number of ether oxygens (including phenoxy) is 1. The molecule has 2 amide bonds. The lowest BCUT2D eigenvalue weighted by Crippen LogP contribution is -2.46. The number of aliphatic hydroxyl groups is 2. The molecule has 3 rings (SSSR count). The van der Waals surface area contributed by atoms with Gasteiger partial charge in [0.2, 0.25) is 16.9 Å². The number of fused-ring (bicyclic) bond motifs is 1. The van der Waals surface area contributed by atoms with Crippen molar-refractivity contribution in [2.75, 3.05) is 37.8 Å². The third-order valence-corrected chi connectivity index (χ3v) is 11.3. The average Bonchev–Trinajstić information content (AvgIpc) is 3.64. The van der Waals surface area contributed by atoms with Crippen LogP contribution in [0.25, 0.3) is 11.2 Å². The first-order chi connectivity index (χ1) is 25.6. The molecule has 0 aliphatic carbocycles. The predicted molar refractivity (Wildman–Crippen MR) is 182 cm³/mol. The van der Waals surface area contributed by atoms with E-state index in [1.54, 1.807) is 6.08 Å². The molecular weight excluding hydrogens is 819 g/mol. The molecule has 2 unspecified atom stereocenters. The van der Waals surface area contributed by atoms with Crippen molar-refractivity contribution in [3.63, 3.8) is 0 Å². The van der Waals surface area contributed by atoms with Gasteiger partial charge in [-0.1, -0.05) is 45.0 Å². The highest BCUT2D eigenvalue weighted by Gasteiger charge is 2.47. The van der Waals surface area contributed by atoms with Crippen LogP contribution < -0.4 is 35.9 Å². The molecule has 1 aliphatic heterocycles. The Bertz CT molecular complexity index is 1830. The van der Waals surface area contributed by atoms with E-state index >= 15 is 0 Å². The van der Waals surface area contributed by atoms with E-state index in [0.717, 1.165) is 41.8 Å². The van der Waals surface area contributed by atoms with Crippen molar-refractivity contribution in [2.24, 2.45) is 5.41 Å². The fourth-order valence-corrected chi connectivity index (χ4v) is 7.99. The van der Waals surface area contributed by atoms with Crippen LogP contribution in [-0.2, 0) is 50.7 Å². The Morgan fingerprint density at radius 3 is 2.47 bits per heavy atom. The van der Waals surface area contributed by atoms with Gasteiger partial charge in [0.25, 0.3) is 15.6 Å². The van der Waals surface area contributed by atoms with Crippen molar-refractivity contribution in [2.45, 2.75) is 70.7 Å². The maximum Gasteiger partial charge on any atom is 0.274 e. The van der Waals surface area contributed by atoms with Gasteiger partial charge >= 0.3 is 0 Å². The Kier molecular flexibility index (Phi) is 17.1. The molecule has 2 aromatic rings. The monoisotopic (exact) mass is 859 g/mol. The fraction of sp³-hybridized carbons (Fsp3) is 0.630. The number of aliphatic hydroxyl groups excluding tert-OH is 2. The normalized spacial score (nSPS) is 22.0. The third kappa shape index (κ3) is 14.6. The van der Waals surface area contributed by atoms with E-state index in [1.807, 2.05) is 6.92 Å². The minimum Gasteiger partial charge on any atom is -0.790 e. The average molecular weight is 860 g/mol. The first-order valence-electron chi connectivity index (χ1n) is 16.2. The number of carbonyl (C=O) groups is 3. The number of anilines is 1. The summed E-state index contributed by atoms with van der Waals surface area (Å²) in [7, 11) is -17.6. The molecule has 0 aromatic carbocycles. The molecule has 1 aliphatic rings. The van der Waals surface area contributed by atoms with Crippen molar-refractivity contribution in [3.05, 3.63) is 24.8 Å². The molecule has 1 fully saturated rings. The zero-order chi connectivity index (χ0) is 41.2. The van der Waals surface area contributed by atoms with E-state index in [-0.39, 0.29) is 41.6 Å². The summed E-state index contributed by atoms with van der Waals surface area (Å²) in [6.07, 6.45) is -2.68. The van der Waals surface area contributed by atoms with Gasteiger partial charge in [0, 0.05) is 30.7 Å². The van der Waals surface area contributed by atoms with Gasteiger partial charge in [-0.15, -0.1) is 0 Å². The number of phosphoric acid groups is 3. The largest absolute Gasteiger partial charge is 0.790 e. The minimum atomic E-state index is -5.91. The van der Waals surface area contributed by atoms with Crippen LogP contribution >= 0.6 is 35.2 Å². The van der Waals surface area contributed by atoms with E-state index in [2.05, 4.69) is 43.5 Å². The van der Waals surface area contributed by atoms with Crippen molar-refractivity contribution >= 4 is 69.1 Å². The van der Waals surface area contributed by atoms with Crippen LogP contribution in [0, 0.1) is 5.41 Å². The lowest BCUT2D eigenvalue weighted by Gasteiger charge is -2.36. The van der Waals surface area contributed by atoms with E-state index in [9.17, 15) is 57.9 Å². The molecule has 0 saturated carbocycles. The highest BCUT2D eigenvalue weighted by molar-refractivity contribution is 8.14. The number of nitrogens with two attached hydrogens (primary N) is 1. The summed E-state index contributed by atoms with van der Waals surface area (Å²) in [6.45, 7) is 2.07. The Labute approximate surface area is 318 Å². The minimum absolute atomic E-state index is 0.0213. The van der Waals surface area contributed by atoms with Crippen LogP contribution in [0.2, 0.25) is 0 Å². The van der Waals surface area contributed by atoms with Gasteiger partial charge in [0.1, 0.15) is 36.3 Å². The topological polar surface area (TPSA) is 375 Å². The second-order valence-corrected chi connectivity index (χ2v) is 17.5. The van der Waals surface area contributed by atoms with Gasteiger partial charge in [-0.3, -0.25) is 28.1 Å². The quantitative estimate of drug-likeness (QED) is 0.0464. The van der Waals surface area contributed by atoms with Crippen molar-refractivity contribution in [1.82, 2.24) is 30.2 Å². The zero-order valence-corrected chi connectivity index (χ0v) is 33.0. The number of amides is 2. The molecule has 310 valence electrons. The highest BCUT2D eigenvalue weighted by atomic mass is 32.2. The van der Waals surface area contributed by atoms with Crippen molar-refractivity contribution in [1.29, 1.82) is 0 Å². The molecule has 0 spiro atoms. The van der Waals surface area contributed by atoms with Gasteiger partial charge in [-0.25, -0.2) is 19.3 Å². The summed E-state index contributed by atoms with van der Waals surface area (Å²) >= 11 is 1.02. The molecule has 24 nitrogen and oxygen atoms in total. The molecule has 7 atom stereocenters. The van der Waals surface area contributed by atoms with Crippen LogP contribution in [0.3, 0.4) is 0 Å². The first-order valence-corrected chi connectivity index (χ1v) is 21.6. The number of thioether (sulfide) groups is 1. The van der Waals surface area contributed by atoms with Crippen LogP contribution in [-0.4, -0.2) is 103 Å². The Morgan fingerprint density at radius 1 is 1.11 bits per heavy atom. The number of carbonyl (C=O) groups excluding carboxylic acids is 3. The number of nitrogens with one attached hydrogen (secondary N) is 2. The number of hydrogen-bond acceptors (Lipinski definition) is 22. The number of hydrogen-bond donors (Lipinski definition) is 5. The summed E-state index contributed by atoms with van der Waals surface area (Å²) in [4.78, 5) is 95.6. The van der Waals surface area contributed by atoms with Crippen LogP contribution in [0.1, 0.15) is 46.3 Å². The molecule has 0 bridgehead atoms. The molecule has 28 heteroatoms.